The first-order valence-corrected chi connectivity index (χ1v) is 9.30. The van der Waals surface area contributed by atoms with Gasteiger partial charge in [0.1, 0.15) is 11.9 Å². The lowest BCUT2D eigenvalue weighted by Gasteiger charge is -2.26. The van der Waals surface area contributed by atoms with Crippen molar-refractivity contribution in [3.8, 4) is 0 Å². The first kappa shape index (κ1) is 17.5. The second kappa shape index (κ2) is 7.35. The van der Waals surface area contributed by atoms with Gasteiger partial charge in [0.25, 0.3) is 0 Å². The fourth-order valence-corrected chi connectivity index (χ4v) is 3.67. The number of hydrogen-bond acceptors (Lipinski definition) is 3. The molecule has 1 saturated heterocycles. The Balaban J connectivity index is 1.48. The Hall–Kier alpha value is -1.95. The minimum absolute atomic E-state index is 0.00208. The van der Waals surface area contributed by atoms with Crippen LogP contribution in [0.2, 0.25) is 5.02 Å². The van der Waals surface area contributed by atoms with Crippen LogP contribution in [-0.4, -0.2) is 22.9 Å². The zero-order chi connectivity index (χ0) is 18.1. The highest BCUT2D eigenvalue weighted by molar-refractivity contribution is 6.31. The number of nitrogens with zero attached hydrogens (tertiary/aromatic N) is 1. The predicted molar refractivity (Wildman–Crippen MR) is 98.8 cm³/mol. The summed E-state index contributed by atoms with van der Waals surface area (Å²) in [7, 11) is 0. The summed E-state index contributed by atoms with van der Waals surface area (Å²) in [6, 6.07) is 14.6. The lowest BCUT2D eigenvalue weighted by molar-refractivity contribution is -0.134. The molecule has 26 heavy (non-hydrogen) atoms. The summed E-state index contributed by atoms with van der Waals surface area (Å²) in [4.78, 5) is 14.9. The van der Waals surface area contributed by atoms with Crippen LogP contribution in [0.1, 0.15) is 36.4 Å². The quantitative estimate of drug-likeness (QED) is 0.842. The zero-order valence-corrected chi connectivity index (χ0v) is 15.0. The maximum Gasteiger partial charge on any atom is 0.241 e. The maximum absolute atomic E-state index is 14.2. The fourth-order valence-electron chi connectivity index (χ4n) is 3.45. The molecule has 0 aromatic heterocycles. The molecule has 1 saturated carbocycles. The number of nitrogens with one attached hydrogen (secondary N) is 2. The van der Waals surface area contributed by atoms with Gasteiger partial charge in [-0.05, 0) is 37.0 Å². The number of hydrogen-bond donors (Lipinski definition) is 2. The Kier molecular flexibility index (Phi) is 4.94. The van der Waals surface area contributed by atoms with E-state index in [4.69, 9.17) is 11.6 Å². The van der Waals surface area contributed by atoms with Gasteiger partial charge in [-0.1, -0.05) is 48.0 Å². The first-order valence-electron chi connectivity index (χ1n) is 8.93. The van der Waals surface area contributed by atoms with E-state index in [1.807, 2.05) is 30.3 Å². The zero-order valence-electron chi connectivity index (χ0n) is 14.3. The van der Waals surface area contributed by atoms with Crippen LogP contribution < -0.4 is 10.9 Å². The molecule has 2 fully saturated rings. The van der Waals surface area contributed by atoms with Crippen LogP contribution >= 0.6 is 11.6 Å². The third kappa shape index (κ3) is 3.61. The van der Waals surface area contributed by atoms with Gasteiger partial charge in [0.15, 0.2) is 0 Å². The summed E-state index contributed by atoms with van der Waals surface area (Å²) in [5.41, 5.74) is 7.85. The van der Waals surface area contributed by atoms with Gasteiger partial charge in [-0.25, -0.2) is 15.2 Å². The number of amides is 1. The maximum atomic E-state index is 14.2. The minimum Gasteiger partial charge on any atom is -0.334 e. The second-order valence-corrected chi connectivity index (χ2v) is 7.34. The van der Waals surface area contributed by atoms with Crippen molar-refractivity contribution >= 4 is 17.5 Å². The Morgan fingerprint density at radius 1 is 1.12 bits per heavy atom. The largest absolute Gasteiger partial charge is 0.334 e. The Labute approximate surface area is 157 Å². The van der Waals surface area contributed by atoms with E-state index in [0.29, 0.717) is 17.0 Å². The Morgan fingerprint density at radius 2 is 1.88 bits per heavy atom. The molecule has 1 aliphatic carbocycles. The highest BCUT2D eigenvalue weighted by Crippen LogP contribution is 2.33. The summed E-state index contributed by atoms with van der Waals surface area (Å²) in [5.74, 6) is -0.367. The number of halogens is 2. The van der Waals surface area contributed by atoms with Crippen LogP contribution in [0.5, 0.6) is 0 Å². The predicted octanol–water partition coefficient (Wildman–Crippen LogP) is 3.58. The van der Waals surface area contributed by atoms with Crippen molar-refractivity contribution in [3.63, 3.8) is 0 Å². The molecular weight excluding hydrogens is 353 g/mol. The molecule has 2 aromatic rings. The Bertz CT molecular complexity index is 777. The molecular formula is C20H21ClFN3O. The lowest BCUT2D eigenvalue weighted by Crippen LogP contribution is -2.46. The number of benzene rings is 2. The van der Waals surface area contributed by atoms with E-state index in [-0.39, 0.29) is 36.4 Å². The average Bonchev–Trinajstić information content (AvgIpc) is 3.37. The first-order chi connectivity index (χ1) is 12.6. The molecule has 2 aromatic carbocycles. The highest BCUT2D eigenvalue weighted by atomic mass is 35.5. The van der Waals surface area contributed by atoms with E-state index >= 15 is 0 Å². The molecule has 1 heterocycles. The molecule has 136 valence electrons. The van der Waals surface area contributed by atoms with Gasteiger partial charge in [0, 0.05) is 22.7 Å². The van der Waals surface area contributed by atoms with Gasteiger partial charge >= 0.3 is 0 Å². The van der Waals surface area contributed by atoms with Crippen molar-refractivity contribution in [2.24, 2.45) is 0 Å². The lowest BCUT2D eigenvalue weighted by atomic mass is 10.0. The second-order valence-electron chi connectivity index (χ2n) is 6.94. The van der Waals surface area contributed by atoms with Crippen molar-refractivity contribution in [1.82, 2.24) is 15.8 Å². The van der Waals surface area contributed by atoms with Gasteiger partial charge in [-0.3, -0.25) is 4.79 Å². The van der Waals surface area contributed by atoms with E-state index in [1.54, 1.807) is 17.0 Å². The van der Waals surface area contributed by atoms with Gasteiger partial charge in [0.2, 0.25) is 5.91 Å². The topological polar surface area (TPSA) is 44.4 Å². The Morgan fingerprint density at radius 3 is 2.58 bits per heavy atom. The van der Waals surface area contributed by atoms with Crippen LogP contribution in [0, 0.1) is 5.82 Å². The molecule has 0 radical (unpaired) electrons. The van der Waals surface area contributed by atoms with Crippen molar-refractivity contribution in [1.29, 1.82) is 0 Å². The molecule has 2 N–H and O–H groups in total. The molecule has 2 unspecified atom stereocenters. The summed E-state index contributed by atoms with van der Waals surface area (Å²) < 4.78 is 14.2. The van der Waals surface area contributed by atoms with Crippen LogP contribution in [0.4, 0.5) is 4.39 Å². The van der Waals surface area contributed by atoms with Crippen LogP contribution in [0.3, 0.4) is 0 Å². The summed E-state index contributed by atoms with van der Waals surface area (Å²) in [6.45, 7) is 0.211. The molecule has 2 atom stereocenters. The van der Waals surface area contributed by atoms with E-state index in [1.165, 1.54) is 6.07 Å². The third-order valence-electron chi connectivity index (χ3n) is 5.06. The third-order valence-corrected chi connectivity index (χ3v) is 5.42. The highest BCUT2D eigenvalue weighted by Gasteiger charge is 2.39. The van der Waals surface area contributed by atoms with Crippen molar-refractivity contribution in [2.45, 2.75) is 43.9 Å². The summed E-state index contributed by atoms with van der Waals surface area (Å²) in [6.07, 6.45) is 2.58. The summed E-state index contributed by atoms with van der Waals surface area (Å²) >= 11 is 6.16. The number of rotatable bonds is 5. The van der Waals surface area contributed by atoms with Gasteiger partial charge < -0.3 is 4.90 Å². The van der Waals surface area contributed by atoms with Gasteiger partial charge in [-0.15, -0.1) is 0 Å². The molecule has 4 nitrogen and oxygen atoms in total. The number of carbonyl (C=O) groups excluding carboxylic acids is 1. The smallest absolute Gasteiger partial charge is 0.241 e. The van der Waals surface area contributed by atoms with Gasteiger partial charge in [-0.2, -0.15) is 0 Å². The molecule has 1 aliphatic heterocycles. The minimum atomic E-state index is -0.365. The fraction of sp³-hybridized carbons (Fsp3) is 0.350. The molecule has 1 amide bonds. The van der Waals surface area contributed by atoms with Crippen molar-refractivity contribution in [2.75, 3.05) is 0 Å². The monoisotopic (exact) mass is 373 g/mol. The summed E-state index contributed by atoms with van der Waals surface area (Å²) in [5, 5.41) is 0.364. The van der Waals surface area contributed by atoms with E-state index in [2.05, 4.69) is 10.9 Å². The average molecular weight is 374 g/mol. The number of carbonyl (C=O) groups is 1. The molecule has 6 heteroatoms. The number of hydrazine groups is 1. The van der Waals surface area contributed by atoms with E-state index in [0.717, 1.165) is 18.4 Å². The molecule has 2 aliphatic rings. The molecule has 0 spiro atoms. The SMILES string of the molecule is O=C(C1CC(c2ccccc2)NN1)N(Cc1c(F)cccc1Cl)C1CC1. The molecule has 0 bridgehead atoms. The van der Waals surface area contributed by atoms with Crippen LogP contribution in [0.15, 0.2) is 48.5 Å². The van der Waals surface area contributed by atoms with Crippen LogP contribution in [0.25, 0.3) is 0 Å². The van der Waals surface area contributed by atoms with Gasteiger partial charge in [0.05, 0.1) is 6.54 Å². The standard InChI is InChI=1S/C20H21ClFN3O/c21-16-7-4-8-17(22)15(16)12-25(14-9-10-14)20(26)19-11-18(23-24-19)13-5-2-1-3-6-13/h1-8,14,18-19,23-24H,9-12H2. The van der Waals surface area contributed by atoms with E-state index in [9.17, 15) is 9.18 Å². The van der Waals surface area contributed by atoms with Crippen LogP contribution in [-0.2, 0) is 11.3 Å². The van der Waals surface area contributed by atoms with E-state index < -0.39 is 0 Å². The van der Waals surface area contributed by atoms with Crippen molar-refractivity contribution < 1.29 is 9.18 Å². The molecule has 4 rings (SSSR count). The van der Waals surface area contributed by atoms with Crippen molar-refractivity contribution in [3.05, 3.63) is 70.5 Å². The normalized spacial score (nSPS) is 22.4.